The second-order valence-electron chi connectivity index (χ2n) is 4.05. The first kappa shape index (κ1) is 13.8. The van der Waals surface area contributed by atoms with E-state index in [1.807, 2.05) is 38.4 Å². The highest BCUT2D eigenvalue weighted by Gasteiger charge is 2.09. The maximum absolute atomic E-state index is 9.10. The van der Waals surface area contributed by atoms with Crippen LogP contribution in [-0.2, 0) is 0 Å². The van der Waals surface area contributed by atoms with Gasteiger partial charge in [-0.25, -0.2) is 0 Å². The Balaban J connectivity index is 2.60. The SMILES string of the molecule is CNC(CO)CCN(C)c1ccccc1OC. The first-order valence-electron chi connectivity index (χ1n) is 5.85. The Morgan fingerprint density at radius 3 is 2.71 bits per heavy atom. The lowest BCUT2D eigenvalue weighted by Crippen LogP contribution is -2.33. The minimum absolute atomic E-state index is 0.146. The summed E-state index contributed by atoms with van der Waals surface area (Å²) in [6.07, 6.45) is 0.890. The summed E-state index contributed by atoms with van der Waals surface area (Å²) in [5.41, 5.74) is 1.07. The predicted molar refractivity (Wildman–Crippen MR) is 70.8 cm³/mol. The van der Waals surface area contributed by atoms with E-state index in [2.05, 4.69) is 10.2 Å². The molecule has 17 heavy (non-hydrogen) atoms. The van der Waals surface area contributed by atoms with Crippen molar-refractivity contribution in [2.75, 3.05) is 39.3 Å². The van der Waals surface area contributed by atoms with Crippen LogP contribution in [0.3, 0.4) is 0 Å². The Kier molecular flexibility index (Phi) is 5.80. The van der Waals surface area contributed by atoms with Crippen molar-refractivity contribution in [3.63, 3.8) is 0 Å². The minimum Gasteiger partial charge on any atom is -0.495 e. The van der Waals surface area contributed by atoms with Crippen molar-refractivity contribution in [1.29, 1.82) is 0 Å². The fourth-order valence-corrected chi connectivity index (χ4v) is 1.74. The minimum atomic E-state index is 0.146. The Morgan fingerprint density at radius 1 is 1.41 bits per heavy atom. The monoisotopic (exact) mass is 238 g/mol. The zero-order valence-corrected chi connectivity index (χ0v) is 10.8. The number of nitrogens with one attached hydrogen (secondary N) is 1. The number of aliphatic hydroxyl groups excluding tert-OH is 1. The van der Waals surface area contributed by atoms with Crippen molar-refractivity contribution in [2.24, 2.45) is 0 Å². The number of ether oxygens (including phenoxy) is 1. The van der Waals surface area contributed by atoms with Crippen molar-refractivity contribution in [2.45, 2.75) is 12.5 Å². The molecule has 0 aliphatic rings. The van der Waals surface area contributed by atoms with Crippen LogP contribution in [0.25, 0.3) is 0 Å². The molecule has 2 N–H and O–H groups in total. The van der Waals surface area contributed by atoms with Crippen LogP contribution in [0.2, 0.25) is 0 Å². The summed E-state index contributed by atoms with van der Waals surface area (Å²) in [6, 6.07) is 8.09. The van der Waals surface area contributed by atoms with Crippen LogP contribution in [0.5, 0.6) is 5.75 Å². The van der Waals surface area contributed by atoms with Gasteiger partial charge in [-0.2, -0.15) is 0 Å². The van der Waals surface area contributed by atoms with Gasteiger partial charge < -0.3 is 20.1 Å². The molecule has 0 spiro atoms. The summed E-state index contributed by atoms with van der Waals surface area (Å²) in [7, 11) is 5.57. The second kappa shape index (κ2) is 7.14. The van der Waals surface area contributed by atoms with E-state index in [0.717, 1.165) is 24.4 Å². The molecule has 0 aliphatic carbocycles. The maximum Gasteiger partial charge on any atom is 0.142 e. The van der Waals surface area contributed by atoms with Gasteiger partial charge >= 0.3 is 0 Å². The van der Waals surface area contributed by atoms with E-state index in [-0.39, 0.29) is 12.6 Å². The van der Waals surface area contributed by atoms with Crippen molar-refractivity contribution >= 4 is 5.69 Å². The van der Waals surface area contributed by atoms with E-state index in [4.69, 9.17) is 9.84 Å². The van der Waals surface area contributed by atoms with Crippen molar-refractivity contribution in [1.82, 2.24) is 5.32 Å². The summed E-state index contributed by atoms with van der Waals surface area (Å²) >= 11 is 0. The first-order valence-corrected chi connectivity index (χ1v) is 5.85. The number of aliphatic hydroxyl groups is 1. The molecule has 0 aromatic heterocycles. The summed E-state index contributed by atoms with van der Waals surface area (Å²) < 4.78 is 5.32. The third-order valence-electron chi connectivity index (χ3n) is 2.94. The molecule has 1 unspecified atom stereocenters. The fourth-order valence-electron chi connectivity index (χ4n) is 1.74. The van der Waals surface area contributed by atoms with Crippen LogP contribution >= 0.6 is 0 Å². The Bertz CT molecular complexity index is 327. The lowest BCUT2D eigenvalue weighted by atomic mass is 10.2. The average Bonchev–Trinajstić information content (AvgIpc) is 2.39. The third-order valence-corrected chi connectivity index (χ3v) is 2.94. The first-order chi connectivity index (χ1) is 8.22. The smallest absolute Gasteiger partial charge is 0.142 e. The highest BCUT2D eigenvalue weighted by atomic mass is 16.5. The number of hydrogen-bond acceptors (Lipinski definition) is 4. The van der Waals surface area contributed by atoms with Gasteiger partial charge in [0.2, 0.25) is 0 Å². The van der Waals surface area contributed by atoms with Gasteiger partial charge in [0.1, 0.15) is 5.75 Å². The number of benzene rings is 1. The summed E-state index contributed by atoms with van der Waals surface area (Å²) in [4.78, 5) is 2.14. The zero-order valence-electron chi connectivity index (χ0n) is 10.8. The molecule has 0 bridgehead atoms. The molecule has 1 aromatic carbocycles. The molecule has 96 valence electrons. The third kappa shape index (κ3) is 3.91. The molecule has 1 aromatic rings. The van der Waals surface area contributed by atoms with E-state index in [1.165, 1.54) is 0 Å². The normalized spacial score (nSPS) is 12.2. The summed E-state index contributed by atoms with van der Waals surface area (Å²) in [5, 5.41) is 12.2. The average molecular weight is 238 g/mol. The lowest BCUT2D eigenvalue weighted by molar-refractivity contribution is 0.243. The zero-order chi connectivity index (χ0) is 12.7. The molecular formula is C13H22N2O2. The number of anilines is 1. The number of hydrogen-bond donors (Lipinski definition) is 2. The number of methoxy groups -OCH3 is 1. The summed E-state index contributed by atoms with van der Waals surface area (Å²) in [6.45, 7) is 1.03. The van der Waals surface area contributed by atoms with Gasteiger partial charge in [0.05, 0.1) is 19.4 Å². The standard InChI is InChI=1S/C13H22N2O2/c1-14-11(10-16)8-9-15(2)12-6-4-5-7-13(12)17-3/h4-7,11,14,16H,8-10H2,1-3H3. The Hall–Kier alpha value is -1.26. The number of para-hydroxylation sites is 2. The molecule has 0 saturated heterocycles. The molecule has 0 heterocycles. The van der Waals surface area contributed by atoms with Crippen LogP contribution < -0.4 is 15.0 Å². The van der Waals surface area contributed by atoms with Crippen LogP contribution in [0.4, 0.5) is 5.69 Å². The van der Waals surface area contributed by atoms with Crippen molar-refractivity contribution in [3.8, 4) is 5.75 Å². The highest BCUT2D eigenvalue weighted by molar-refractivity contribution is 5.57. The molecule has 0 radical (unpaired) electrons. The van der Waals surface area contributed by atoms with Gasteiger partial charge in [-0.15, -0.1) is 0 Å². The van der Waals surface area contributed by atoms with Crippen LogP contribution in [0.1, 0.15) is 6.42 Å². The Morgan fingerprint density at radius 2 is 2.12 bits per heavy atom. The molecule has 0 aliphatic heterocycles. The molecule has 0 fully saturated rings. The van der Waals surface area contributed by atoms with Gasteiger partial charge in [-0.05, 0) is 25.6 Å². The summed E-state index contributed by atoms with van der Waals surface area (Å²) in [5.74, 6) is 0.875. The molecular weight excluding hydrogens is 216 g/mol. The van der Waals surface area contributed by atoms with E-state index < -0.39 is 0 Å². The molecule has 4 nitrogen and oxygen atoms in total. The van der Waals surface area contributed by atoms with Gasteiger partial charge in [0.15, 0.2) is 0 Å². The van der Waals surface area contributed by atoms with Gasteiger partial charge in [-0.3, -0.25) is 0 Å². The molecule has 0 saturated carbocycles. The number of nitrogens with zero attached hydrogens (tertiary/aromatic N) is 1. The maximum atomic E-state index is 9.10. The molecule has 1 atom stereocenters. The highest BCUT2D eigenvalue weighted by Crippen LogP contribution is 2.26. The van der Waals surface area contributed by atoms with Gasteiger partial charge in [-0.1, -0.05) is 12.1 Å². The predicted octanol–water partition coefficient (Wildman–Crippen LogP) is 1.10. The second-order valence-corrected chi connectivity index (χ2v) is 4.05. The quantitative estimate of drug-likeness (QED) is 0.747. The largest absolute Gasteiger partial charge is 0.495 e. The van der Waals surface area contributed by atoms with E-state index >= 15 is 0 Å². The van der Waals surface area contributed by atoms with E-state index in [9.17, 15) is 0 Å². The van der Waals surface area contributed by atoms with Crippen LogP contribution in [0.15, 0.2) is 24.3 Å². The van der Waals surface area contributed by atoms with Gasteiger partial charge in [0.25, 0.3) is 0 Å². The number of likely N-dealkylation sites (N-methyl/N-ethyl adjacent to an activating group) is 1. The lowest BCUT2D eigenvalue weighted by Gasteiger charge is -2.23. The Labute approximate surface area is 103 Å². The van der Waals surface area contributed by atoms with Gasteiger partial charge in [0, 0.05) is 19.6 Å². The molecule has 4 heteroatoms. The topological polar surface area (TPSA) is 44.7 Å². The molecule has 1 rings (SSSR count). The van der Waals surface area contributed by atoms with Crippen LogP contribution in [-0.4, -0.2) is 45.5 Å². The van der Waals surface area contributed by atoms with Crippen molar-refractivity contribution < 1.29 is 9.84 Å². The van der Waals surface area contributed by atoms with Crippen LogP contribution in [0, 0.1) is 0 Å². The fraction of sp³-hybridized carbons (Fsp3) is 0.538. The van der Waals surface area contributed by atoms with E-state index in [0.29, 0.717) is 0 Å². The van der Waals surface area contributed by atoms with Crippen molar-refractivity contribution in [3.05, 3.63) is 24.3 Å². The number of rotatable bonds is 7. The molecule has 0 amide bonds. The van der Waals surface area contributed by atoms with E-state index in [1.54, 1.807) is 7.11 Å².